The van der Waals surface area contributed by atoms with Crippen molar-refractivity contribution in [1.82, 2.24) is 14.5 Å². The largest absolute Gasteiger partial charge is 0.515 e. The summed E-state index contributed by atoms with van der Waals surface area (Å²) in [6, 6.07) is 0. The van der Waals surface area contributed by atoms with Crippen molar-refractivity contribution < 1.29 is 9.31 Å². The van der Waals surface area contributed by atoms with Gasteiger partial charge in [-0.25, -0.2) is 9.97 Å². The smallest absolute Gasteiger partial charge is 0.398 e. The summed E-state index contributed by atoms with van der Waals surface area (Å²) in [5.74, 6) is 0. The molecule has 0 spiro atoms. The van der Waals surface area contributed by atoms with Gasteiger partial charge in [-0.1, -0.05) is 0 Å². The fraction of sp³-hybridized carbons (Fsp3) is 0.500. The van der Waals surface area contributed by atoms with Crippen LogP contribution in [0.15, 0.2) is 24.1 Å². The summed E-state index contributed by atoms with van der Waals surface area (Å²) in [6.07, 6.45) is 5.33. The van der Waals surface area contributed by atoms with Gasteiger partial charge in [0.1, 0.15) is 6.33 Å². The van der Waals surface area contributed by atoms with Crippen LogP contribution in [0.5, 0.6) is 0 Å². The van der Waals surface area contributed by atoms with Crippen molar-refractivity contribution in [2.75, 3.05) is 0 Å². The van der Waals surface area contributed by atoms with E-state index in [4.69, 9.17) is 9.31 Å². The van der Waals surface area contributed by atoms with E-state index in [2.05, 4.69) is 9.97 Å². The van der Waals surface area contributed by atoms with Gasteiger partial charge in [0.05, 0.1) is 16.8 Å². The number of imidazole rings is 1. The number of nitrogens with zero attached hydrogens (tertiary/aromatic N) is 3. The molecule has 0 bridgehead atoms. The van der Waals surface area contributed by atoms with Crippen molar-refractivity contribution in [2.45, 2.75) is 38.9 Å². The van der Waals surface area contributed by atoms with Gasteiger partial charge in [0.2, 0.25) is 0 Å². The molecule has 100 valence electrons. The second-order valence-electron chi connectivity index (χ2n) is 5.61. The number of rotatable bonds is 2. The Morgan fingerprint density at radius 1 is 1.21 bits per heavy atom. The average Bonchev–Trinajstić information content (AvgIpc) is 3.00. The third kappa shape index (κ3) is 2.11. The topological polar surface area (TPSA) is 49.2 Å². The van der Waals surface area contributed by atoms with Crippen molar-refractivity contribution >= 4 is 24.0 Å². The SMILES string of the molecule is CC1(C)OB(c2csc(-n3ccnc3)n2)OC1(C)C. The molecule has 3 heterocycles. The number of aromatic nitrogens is 3. The zero-order valence-corrected chi connectivity index (χ0v) is 12.3. The number of hydrogen-bond acceptors (Lipinski definition) is 5. The normalized spacial score (nSPS) is 20.9. The Bertz CT molecular complexity index is 564. The lowest BCUT2D eigenvalue weighted by Gasteiger charge is -2.32. The summed E-state index contributed by atoms with van der Waals surface area (Å²) >= 11 is 1.55. The summed E-state index contributed by atoms with van der Waals surface area (Å²) in [5.41, 5.74) is 0.139. The van der Waals surface area contributed by atoms with Crippen molar-refractivity contribution in [3.05, 3.63) is 24.1 Å². The van der Waals surface area contributed by atoms with E-state index in [1.807, 2.05) is 43.8 Å². The minimum Gasteiger partial charge on any atom is -0.398 e. The summed E-state index contributed by atoms with van der Waals surface area (Å²) in [6.45, 7) is 8.15. The lowest BCUT2D eigenvalue weighted by molar-refractivity contribution is 0.00578. The molecule has 19 heavy (non-hydrogen) atoms. The van der Waals surface area contributed by atoms with Gasteiger partial charge in [-0.15, -0.1) is 11.3 Å². The van der Waals surface area contributed by atoms with Crippen LogP contribution in [0.1, 0.15) is 27.7 Å². The van der Waals surface area contributed by atoms with E-state index in [0.29, 0.717) is 0 Å². The predicted octanol–water partition coefficient (Wildman–Crippen LogP) is 1.63. The third-order valence-electron chi connectivity index (χ3n) is 3.73. The molecule has 0 radical (unpaired) electrons. The van der Waals surface area contributed by atoms with Crippen LogP contribution in [0.2, 0.25) is 0 Å². The molecule has 3 rings (SSSR count). The maximum Gasteiger partial charge on any atom is 0.515 e. The average molecular weight is 277 g/mol. The molecule has 0 N–H and O–H groups in total. The first kappa shape index (κ1) is 12.8. The summed E-state index contributed by atoms with van der Waals surface area (Å²) in [5, 5.41) is 2.83. The molecule has 2 aromatic rings. The molecular formula is C12H16BN3O2S. The van der Waals surface area contributed by atoms with E-state index in [-0.39, 0.29) is 11.2 Å². The molecule has 0 amide bonds. The molecule has 1 aliphatic heterocycles. The van der Waals surface area contributed by atoms with Crippen molar-refractivity contribution in [2.24, 2.45) is 0 Å². The van der Waals surface area contributed by atoms with Gasteiger partial charge in [0.15, 0.2) is 5.13 Å². The summed E-state index contributed by atoms with van der Waals surface area (Å²) in [7, 11) is -0.404. The van der Waals surface area contributed by atoms with E-state index in [1.54, 1.807) is 23.9 Å². The van der Waals surface area contributed by atoms with Crippen LogP contribution in [0.25, 0.3) is 5.13 Å². The van der Waals surface area contributed by atoms with Crippen LogP contribution in [-0.2, 0) is 9.31 Å². The number of hydrogen-bond donors (Lipinski definition) is 0. The molecule has 0 saturated carbocycles. The molecule has 7 heteroatoms. The molecule has 5 nitrogen and oxygen atoms in total. The zero-order chi connectivity index (χ0) is 13.7. The minimum absolute atomic E-state index is 0.337. The van der Waals surface area contributed by atoms with Crippen LogP contribution in [0.3, 0.4) is 0 Å². The molecule has 0 atom stereocenters. The first-order chi connectivity index (χ1) is 8.89. The molecule has 1 fully saturated rings. The minimum atomic E-state index is -0.404. The van der Waals surface area contributed by atoms with E-state index in [1.165, 1.54) is 0 Å². The molecule has 1 saturated heterocycles. The van der Waals surface area contributed by atoms with E-state index in [0.717, 1.165) is 10.7 Å². The Morgan fingerprint density at radius 2 is 1.89 bits per heavy atom. The quantitative estimate of drug-likeness (QED) is 0.783. The van der Waals surface area contributed by atoms with Crippen LogP contribution >= 0.6 is 11.3 Å². The summed E-state index contributed by atoms with van der Waals surface area (Å²) < 4.78 is 13.8. The maximum atomic E-state index is 5.98. The molecule has 1 aliphatic rings. The fourth-order valence-electron chi connectivity index (χ4n) is 1.84. The second kappa shape index (κ2) is 4.16. The highest BCUT2D eigenvalue weighted by Gasteiger charge is 2.52. The first-order valence-electron chi connectivity index (χ1n) is 6.18. The number of thiazole rings is 1. The van der Waals surface area contributed by atoms with Crippen molar-refractivity contribution in [1.29, 1.82) is 0 Å². The Kier molecular flexibility index (Phi) is 2.81. The molecule has 0 unspecified atom stereocenters. The Hall–Kier alpha value is -1.18. The molecular weight excluding hydrogens is 261 g/mol. The highest BCUT2D eigenvalue weighted by Crippen LogP contribution is 2.36. The lowest BCUT2D eigenvalue weighted by Crippen LogP contribution is -2.41. The predicted molar refractivity (Wildman–Crippen MR) is 75.0 cm³/mol. The van der Waals surface area contributed by atoms with Crippen LogP contribution in [-0.4, -0.2) is 32.9 Å². The van der Waals surface area contributed by atoms with Gasteiger partial charge >= 0.3 is 7.12 Å². The molecule has 2 aromatic heterocycles. The monoisotopic (exact) mass is 277 g/mol. The van der Waals surface area contributed by atoms with E-state index < -0.39 is 7.12 Å². The highest BCUT2D eigenvalue weighted by molar-refractivity contribution is 7.13. The highest BCUT2D eigenvalue weighted by atomic mass is 32.1. The van der Waals surface area contributed by atoms with Gasteiger partial charge in [-0.2, -0.15) is 0 Å². The zero-order valence-electron chi connectivity index (χ0n) is 11.5. The summed E-state index contributed by atoms with van der Waals surface area (Å²) in [4.78, 5) is 8.58. The maximum absolute atomic E-state index is 5.98. The third-order valence-corrected chi connectivity index (χ3v) is 4.60. The molecule has 0 aromatic carbocycles. The van der Waals surface area contributed by atoms with Crippen molar-refractivity contribution in [3.8, 4) is 5.13 Å². The first-order valence-corrected chi connectivity index (χ1v) is 7.06. The van der Waals surface area contributed by atoms with Crippen molar-refractivity contribution in [3.63, 3.8) is 0 Å². The van der Waals surface area contributed by atoms with E-state index >= 15 is 0 Å². The standard InChI is InChI=1S/C12H16BN3O2S/c1-11(2)12(3,4)18-13(17-11)9-7-19-10(15-9)16-6-5-14-8-16/h5-8H,1-4H3. The Balaban J connectivity index is 1.85. The Labute approximate surface area is 116 Å². The van der Waals surface area contributed by atoms with Gasteiger partial charge < -0.3 is 9.31 Å². The van der Waals surface area contributed by atoms with Crippen LogP contribution in [0.4, 0.5) is 0 Å². The van der Waals surface area contributed by atoms with Gasteiger partial charge in [-0.05, 0) is 27.7 Å². The Morgan fingerprint density at radius 3 is 2.47 bits per heavy atom. The van der Waals surface area contributed by atoms with Gasteiger partial charge in [0.25, 0.3) is 0 Å². The second-order valence-corrected chi connectivity index (χ2v) is 6.45. The van der Waals surface area contributed by atoms with E-state index in [9.17, 15) is 0 Å². The van der Waals surface area contributed by atoms with Gasteiger partial charge in [-0.3, -0.25) is 4.57 Å². The molecule has 0 aliphatic carbocycles. The lowest BCUT2D eigenvalue weighted by atomic mass is 9.86. The fourth-order valence-corrected chi connectivity index (χ4v) is 2.62. The van der Waals surface area contributed by atoms with Crippen LogP contribution < -0.4 is 5.59 Å². The van der Waals surface area contributed by atoms with Gasteiger partial charge in [0, 0.05) is 17.8 Å². The van der Waals surface area contributed by atoms with Crippen LogP contribution in [0, 0.1) is 0 Å².